The van der Waals surface area contributed by atoms with Crippen molar-refractivity contribution in [3.63, 3.8) is 0 Å². The molecule has 0 bridgehead atoms. The smallest absolute Gasteiger partial charge is 0.257 e. The number of amides is 2. The van der Waals surface area contributed by atoms with Gasteiger partial charge in [0.1, 0.15) is 11.5 Å². The number of carbonyl (C=O) groups is 2. The van der Waals surface area contributed by atoms with Crippen molar-refractivity contribution < 1.29 is 14.3 Å². The number of hydrogen-bond acceptors (Lipinski definition) is 5. The molecule has 0 fully saturated rings. The van der Waals surface area contributed by atoms with E-state index in [1.165, 1.54) is 11.3 Å². The van der Waals surface area contributed by atoms with Gasteiger partial charge in [0.25, 0.3) is 5.91 Å². The number of hydrogen-bond donors (Lipinski definition) is 2. The van der Waals surface area contributed by atoms with Gasteiger partial charge < -0.3 is 10.5 Å². The maximum atomic E-state index is 12.6. The number of ether oxygens (including phenoxy) is 1. The number of benzene rings is 3. The van der Waals surface area contributed by atoms with E-state index in [0.29, 0.717) is 27.8 Å². The zero-order valence-electron chi connectivity index (χ0n) is 16.7. The van der Waals surface area contributed by atoms with Crippen LogP contribution in [0.2, 0.25) is 0 Å². The monoisotopic (exact) mass is 429 g/mol. The molecule has 1 heterocycles. The van der Waals surface area contributed by atoms with E-state index in [0.717, 1.165) is 16.1 Å². The molecular formula is C24H19N3O3S. The highest BCUT2D eigenvalue weighted by Crippen LogP contribution is 2.32. The van der Waals surface area contributed by atoms with Gasteiger partial charge in [-0.1, -0.05) is 41.7 Å². The molecule has 0 aliphatic rings. The summed E-state index contributed by atoms with van der Waals surface area (Å²) in [5.41, 5.74) is 8.08. The molecule has 0 spiro atoms. The summed E-state index contributed by atoms with van der Waals surface area (Å²) in [6.07, 6.45) is 0. The van der Waals surface area contributed by atoms with Crippen LogP contribution in [0.25, 0.3) is 10.4 Å². The van der Waals surface area contributed by atoms with Gasteiger partial charge in [-0.25, -0.2) is 4.98 Å². The quantitative estimate of drug-likeness (QED) is 0.437. The minimum atomic E-state index is -0.492. The van der Waals surface area contributed by atoms with Crippen LogP contribution < -0.4 is 15.8 Å². The van der Waals surface area contributed by atoms with E-state index in [2.05, 4.69) is 10.3 Å². The molecule has 0 aliphatic heterocycles. The van der Waals surface area contributed by atoms with Crippen LogP contribution in [0, 0.1) is 6.92 Å². The molecule has 1 aromatic heterocycles. The van der Waals surface area contributed by atoms with Crippen LogP contribution >= 0.6 is 11.3 Å². The highest BCUT2D eigenvalue weighted by atomic mass is 32.1. The predicted molar refractivity (Wildman–Crippen MR) is 122 cm³/mol. The molecule has 0 radical (unpaired) electrons. The van der Waals surface area contributed by atoms with Gasteiger partial charge in [0, 0.05) is 11.1 Å². The lowest BCUT2D eigenvalue weighted by Gasteiger charge is -2.07. The Balaban J connectivity index is 1.42. The number of anilines is 1. The first-order valence-electron chi connectivity index (χ1n) is 9.51. The Morgan fingerprint density at radius 3 is 2.03 bits per heavy atom. The third kappa shape index (κ3) is 4.79. The predicted octanol–water partition coefficient (Wildman–Crippen LogP) is 5.26. The lowest BCUT2D eigenvalue weighted by molar-refractivity contribution is 0.0997. The Morgan fingerprint density at radius 1 is 0.871 bits per heavy atom. The van der Waals surface area contributed by atoms with Crippen molar-refractivity contribution >= 4 is 28.3 Å². The summed E-state index contributed by atoms with van der Waals surface area (Å²) in [4.78, 5) is 29.3. The Morgan fingerprint density at radius 2 is 1.45 bits per heavy atom. The normalized spacial score (nSPS) is 10.5. The van der Waals surface area contributed by atoms with Crippen molar-refractivity contribution in [3.8, 4) is 21.9 Å². The van der Waals surface area contributed by atoms with E-state index in [1.807, 2.05) is 37.3 Å². The molecule has 6 nitrogen and oxygen atoms in total. The first kappa shape index (κ1) is 20.3. The molecule has 31 heavy (non-hydrogen) atoms. The molecule has 0 saturated heterocycles. The lowest BCUT2D eigenvalue weighted by Crippen LogP contribution is -2.11. The minimum absolute atomic E-state index is 0.245. The number of thiazole rings is 1. The fourth-order valence-corrected chi connectivity index (χ4v) is 3.94. The van der Waals surface area contributed by atoms with Crippen LogP contribution in [0.5, 0.6) is 11.5 Å². The van der Waals surface area contributed by atoms with Crippen LogP contribution in [-0.4, -0.2) is 16.8 Å². The van der Waals surface area contributed by atoms with Gasteiger partial charge >= 0.3 is 0 Å². The molecule has 0 unspecified atom stereocenters. The van der Waals surface area contributed by atoms with Crippen LogP contribution in [0.4, 0.5) is 5.13 Å². The molecule has 0 aliphatic carbocycles. The van der Waals surface area contributed by atoms with Crippen molar-refractivity contribution in [2.45, 2.75) is 6.92 Å². The summed E-state index contributed by atoms with van der Waals surface area (Å²) in [5.74, 6) is 0.396. The molecule has 7 heteroatoms. The van der Waals surface area contributed by atoms with Gasteiger partial charge in [-0.2, -0.15) is 0 Å². The summed E-state index contributed by atoms with van der Waals surface area (Å²) in [6, 6.07) is 23.3. The topological polar surface area (TPSA) is 94.3 Å². The molecular weight excluding hydrogens is 410 g/mol. The van der Waals surface area contributed by atoms with Gasteiger partial charge in [0.15, 0.2) is 5.13 Å². The van der Waals surface area contributed by atoms with Gasteiger partial charge in [-0.15, -0.1) is 0 Å². The molecule has 4 rings (SSSR count). The summed E-state index contributed by atoms with van der Waals surface area (Å²) in [6.45, 7) is 1.93. The Kier molecular flexibility index (Phi) is 5.77. The lowest BCUT2D eigenvalue weighted by atomic mass is 10.2. The number of nitrogens with one attached hydrogen (secondary N) is 1. The highest BCUT2D eigenvalue weighted by molar-refractivity contribution is 7.19. The Hall–Kier alpha value is -3.97. The molecule has 154 valence electrons. The second-order valence-electron chi connectivity index (χ2n) is 6.77. The number of primary amides is 1. The fourth-order valence-electron chi connectivity index (χ4n) is 2.97. The van der Waals surface area contributed by atoms with Crippen molar-refractivity contribution in [1.29, 1.82) is 0 Å². The van der Waals surface area contributed by atoms with E-state index in [4.69, 9.17) is 10.5 Å². The van der Waals surface area contributed by atoms with Gasteiger partial charge in [0.05, 0.1) is 10.6 Å². The zero-order valence-corrected chi connectivity index (χ0v) is 17.5. The molecule has 0 atom stereocenters. The van der Waals surface area contributed by atoms with Gasteiger partial charge in [-0.05, 0) is 61.0 Å². The number of nitrogens with zero attached hydrogens (tertiary/aromatic N) is 1. The van der Waals surface area contributed by atoms with E-state index in [9.17, 15) is 9.59 Å². The number of carbonyl (C=O) groups excluding carboxylic acids is 2. The summed E-state index contributed by atoms with van der Waals surface area (Å²) in [7, 11) is 0. The number of rotatable bonds is 6. The molecule has 4 aromatic rings. The minimum Gasteiger partial charge on any atom is -0.457 e. The molecule has 2 amide bonds. The Bertz CT molecular complexity index is 1220. The highest BCUT2D eigenvalue weighted by Gasteiger charge is 2.13. The van der Waals surface area contributed by atoms with Gasteiger partial charge in [0.2, 0.25) is 5.91 Å². The largest absolute Gasteiger partial charge is 0.457 e. The van der Waals surface area contributed by atoms with E-state index in [1.54, 1.807) is 48.5 Å². The number of nitrogens with two attached hydrogens (primary N) is 1. The Labute approximate surface area is 183 Å². The average molecular weight is 430 g/mol. The van der Waals surface area contributed by atoms with Gasteiger partial charge in [-0.3, -0.25) is 14.9 Å². The number of aromatic nitrogens is 1. The molecule has 3 aromatic carbocycles. The van der Waals surface area contributed by atoms with Crippen molar-refractivity contribution in [3.05, 3.63) is 95.7 Å². The maximum Gasteiger partial charge on any atom is 0.257 e. The SMILES string of the molecule is Cc1nc(NC(=O)c2ccc(Oc3ccc(C(N)=O)cc3)cc2)sc1-c1ccccc1. The first-order valence-corrected chi connectivity index (χ1v) is 10.3. The molecule has 0 saturated carbocycles. The standard InChI is InChI=1S/C24H19N3O3S/c1-15-21(16-5-3-2-4-6-16)31-24(26-15)27-23(29)18-9-13-20(14-10-18)30-19-11-7-17(8-12-19)22(25)28/h2-14H,1H3,(H2,25,28)(H,26,27,29). The first-order chi connectivity index (χ1) is 15.0. The van der Waals surface area contributed by atoms with Crippen molar-refractivity contribution in [2.75, 3.05) is 5.32 Å². The van der Waals surface area contributed by atoms with Crippen molar-refractivity contribution in [2.24, 2.45) is 5.73 Å². The average Bonchev–Trinajstić information content (AvgIpc) is 3.15. The van der Waals surface area contributed by atoms with E-state index in [-0.39, 0.29) is 5.91 Å². The number of aryl methyl sites for hydroxylation is 1. The van der Waals surface area contributed by atoms with Crippen molar-refractivity contribution in [1.82, 2.24) is 4.98 Å². The zero-order chi connectivity index (χ0) is 21.8. The fraction of sp³-hybridized carbons (Fsp3) is 0.0417. The van der Waals surface area contributed by atoms with Crippen LogP contribution in [0.15, 0.2) is 78.9 Å². The second kappa shape index (κ2) is 8.81. The van der Waals surface area contributed by atoms with Crippen LogP contribution in [0.3, 0.4) is 0 Å². The van der Waals surface area contributed by atoms with Crippen LogP contribution in [0.1, 0.15) is 26.4 Å². The summed E-state index contributed by atoms with van der Waals surface area (Å²) < 4.78 is 5.74. The summed E-state index contributed by atoms with van der Waals surface area (Å²) in [5, 5.41) is 3.41. The molecule has 3 N–H and O–H groups in total. The van der Waals surface area contributed by atoms with Crippen LogP contribution in [-0.2, 0) is 0 Å². The third-order valence-electron chi connectivity index (χ3n) is 4.54. The second-order valence-corrected chi connectivity index (χ2v) is 7.77. The van der Waals surface area contributed by atoms with E-state index >= 15 is 0 Å². The summed E-state index contributed by atoms with van der Waals surface area (Å²) >= 11 is 1.44. The maximum absolute atomic E-state index is 12.6. The van der Waals surface area contributed by atoms with E-state index < -0.39 is 5.91 Å². The third-order valence-corrected chi connectivity index (χ3v) is 5.67.